The first kappa shape index (κ1) is 13.9. The molecule has 0 bridgehead atoms. The maximum Gasteiger partial charge on any atom is 0.235 e. The minimum absolute atomic E-state index is 0.136. The standard InChI is InChI=1S/C19H21NO/c1-14-8-6-9-15(2)17(14)20-18(21)19(12-7-13-19)16-10-4-3-5-11-16/h3-6,8-11H,7,12-13H2,1-2H3,(H,20,21). The first-order valence-electron chi connectivity index (χ1n) is 7.57. The number of hydrogen-bond donors (Lipinski definition) is 1. The normalized spacial score (nSPS) is 16.1. The molecule has 1 aliphatic carbocycles. The summed E-state index contributed by atoms with van der Waals surface area (Å²) < 4.78 is 0. The van der Waals surface area contributed by atoms with Crippen LogP contribution >= 0.6 is 0 Å². The van der Waals surface area contributed by atoms with Crippen molar-refractivity contribution in [3.63, 3.8) is 0 Å². The number of amides is 1. The van der Waals surface area contributed by atoms with Crippen LogP contribution in [0, 0.1) is 13.8 Å². The number of hydrogen-bond acceptors (Lipinski definition) is 1. The SMILES string of the molecule is Cc1cccc(C)c1NC(=O)C1(c2ccccc2)CCC1. The number of carbonyl (C=O) groups excluding carboxylic acids is 1. The maximum atomic E-state index is 12.9. The number of para-hydroxylation sites is 1. The van der Waals surface area contributed by atoms with Gasteiger partial charge in [0.25, 0.3) is 0 Å². The van der Waals surface area contributed by atoms with Gasteiger partial charge in [0.15, 0.2) is 0 Å². The van der Waals surface area contributed by atoms with Crippen molar-refractivity contribution in [3.8, 4) is 0 Å². The lowest BCUT2D eigenvalue weighted by Crippen LogP contribution is -2.46. The Labute approximate surface area is 126 Å². The molecular weight excluding hydrogens is 258 g/mol. The molecule has 108 valence electrons. The fourth-order valence-electron chi connectivity index (χ4n) is 3.18. The van der Waals surface area contributed by atoms with Gasteiger partial charge < -0.3 is 5.32 Å². The predicted octanol–water partition coefficient (Wildman–Crippen LogP) is 4.36. The second-order valence-corrected chi connectivity index (χ2v) is 6.02. The highest BCUT2D eigenvalue weighted by Crippen LogP contribution is 2.44. The Balaban J connectivity index is 1.91. The zero-order valence-corrected chi connectivity index (χ0v) is 12.6. The molecule has 2 nitrogen and oxygen atoms in total. The molecule has 0 spiro atoms. The van der Waals surface area contributed by atoms with Crippen LogP contribution in [0.25, 0.3) is 0 Å². The molecule has 0 atom stereocenters. The van der Waals surface area contributed by atoms with Crippen molar-refractivity contribution in [1.29, 1.82) is 0 Å². The van der Waals surface area contributed by atoms with Gasteiger partial charge in [-0.25, -0.2) is 0 Å². The average Bonchev–Trinajstić information content (AvgIpc) is 2.43. The Morgan fingerprint density at radius 1 is 0.952 bits per heavy atom. The Morgan fingerprint density at radius 3 is 2.10 bits per heavy atom. The molecular formula is C19H21NO. The number of nitrogens with one attached hydrogen (secondary N) is 1. The number of aryl methyl sites for hydroxylation is 2. The number of rotatable bonds is 3. The fraction of sp³-hybridized carbons (Fsp3) is 0.316. The van der Waals surface area contributed by atoms with Gasteiger partial charge in [0.05, 0.1) is 5.41 Å². The molecule has 1 N–H and O–H groups in total. The first-order valence-corrected chi connectivity index (χ1v) is 7.57. The lowest BCUT2D eigenvalue weighted by Gasteiger charge is -2.41. The molecule has 21 heavy (non-hydrogen) atoms. The highest BCUT2D eigenvalue weighted by Gasteiger charge is 2.45. The highest BCUT2D eigenvalue weighted by atomic mass is 16.2. The minimum Gasteiger partial charge on any atom is -0.325 e. The van der Waals surface area contributed by atoms with Gasteiger partial charge in [-0.15, -0.1) is 0 Å². The van der Waals surface area contributed by atoms with Crippen LogP contribution in [0.3, 0.4) is 0 Å². The molecule has 2 heteroatoms. The van der Waals surface area contributed by atoms with E-state index >= 15 is 0 Å². The van der Waals surface area contributed by atoms with Gasteiger partial charge in [-0.1, -0.05) is 55.0 Å². The van der Waals surface area contributed by atoms with Gasteiger partial charge in [-0.05, 0) is 43.4 Å². The second-order valence-electron chi connectivity index (χ2n) is 6.02. The molecule has 0 saturated heterocycles. The van der Waals surface area contributed by atoms with Gasteiger partial charge in [0.1, 0.15) is 0 Å². The van der Waals surface area contributed by atoms with Gasteiger partial charge in [-0.3, -0.25) is 4.79 Å². The van der Waals surface area contributed by atoms with E-state index < -0.39 is 0 Å². The van der Waals surface area contributed by atoms with Crippen LogP contribution in [-0.4, -0.2) is 5.91 Å². The summed E-state index contributed by atoms with van der Waals surface area (Å²) in [5.74, 6) is 0.136. The lowest BCUT2D eigenvalue weighted by atomic mass is 9.63. The molecule has 1 fully saturated rings. The second kappa shape index (κ2) is 5.36. The van der Waals surface area contributed by atoms with E-state index in [1.165, 1.54) is 0 Å². The van der Waals surface area contributed by atoms with Crippen molar-refractivity contribution in [2.24, 2.45) is 0 Å². The van der Waals surface area contributed by atoms with Crippen LogP contribution in [0.5, 0.6) is 0 Å². The molecule has 1 amide bonds. The summed E-state index contributed by atoms with van der Waals surface area (Å²) in [5, 5.41) is 3.18. The van der Waals surface area contributed by atoms with E-state index in [0.29, 0.717) is 0 Å². The molecule has 0 unspecified atom stereocenters. The van der Waals surface area contributed by atoms with Crippen LogP contribution in [0.2, 0.25) is 0 Å². The van der Waals surface area contributed by atoms with E-state index in [2.05, 4.69) is 17.4 Å². The van der Waals surface area contributed by atoms with Crippen molar-refractivity contribution in [2.45, 2.75) is 38.5 Å². The van der Waals surface area contributed by atoms with E-state index in [1.807, 2.05) is 50.2 Å². The van der Waals surface area contributed by atoms with E-state index in [1.54, 1.807) is 0 Å². The third-order valence-corrected chi connectivity index (χ3v) is 4.69. The van der Waals surface area contributed by atoms with Crippen molar-refractivity contribution in [3.05, 3.63) is 65.2 Å². The van der Waals surface area contributed by atoms with Gasteiger partial charge in [0, 0.05) is 5.69 Å². The van der Waals surface area contributed by atoms with Crippen molar-refractivity contribution < 1.29 is 4.79 Å². The Kier molecular flexibility index (Phi) is 3.54. The molecule has 1 saturated carbocycles. The maximum absolute atomic E-state index is 12.9. The molecule has 3 rings (SSSR count). The summed E-state index contributed by atoms with van der Waals surface area (Å²) in [4.78, 5) is 12.9. The summed E-state index contributed by atoms with van der Waals surface area (Å²) in [5.41, 5.74) is 4.00. The largest absolute Gasteiger partial charge is 0.325 e. The molecule has 1 aliphatic rings. The molecule has 0 heterocycles. The first-order chi connectivity index (χ1) is 10.1. The van der Waals surface area contributed by atoms with Crippen LogP contribution in [0.1, 0.15) is 36.0 Å². The lowest BCUT2D eigenvalue weighted by molar-refractivity contribution is -0.124. The summed E-state index contributed by atoms with van der Waals surface area (Å²) in [6.07, 6.45) is 3.00. The molecule has 0 radical (unpaired) electrons. The van der Waals surface area contributed by atoms with Gasteiger partial charge in [0.2, 0.25) is 5.91 Å². The zero-order chi connectivity index (χ0) is 14.9. The monoisotopic (exact) mass is 279 g/mol. The van der Waals surface area contributed by atoms with Crippen LogP contribution < -0.4 is 5.32 Å². The molecule has 2 aromatic carbocycles. The van der Waals surface area contributed by atoms with E-state index in [0.717, 1.165) is 41.6 Å². The number of benzene rings is 2. The van der Waals surface area contributed by atoms with Crippen LogP contribution in [0.15, 0.2) is 48.5 Å². The predicted molar refractivity (Wildman–Crippen MR) is 86.5 cm³/mol. The zero-order valence-electron chi connectivity index (χ0n) is 12.6. The van der Waals surface area contributed by atoms with Gasteiger partial charge in [-0.2, -0.15) is 0 Å². The van der Waals surface area contributed by atoms with Crippen molar-refractivity contribution in [1.82, 2.24) is 0 Å². The summed E-state index contributed by atoms with van der Waals surface area (Å²) in [6, 6.07) is 16.3. The Hall–Kier alpha value is -2.09. The van der Waals surface area contributed by atoms with Crippen LogP contribution in [0.4, 0.5) is 5.69 Å². The molecule has 2 aromatic rings. The summed E-state index contributed by atoms with van der Waals surface area (Å²) in [6.45, 7) is 4.08. The molecule has 0 aromatic heterocycles. The van der Waals surface area contributed by atoms with E-state index in [-0.39, 0.29) is 11.3 Å². The topological polar surface area (TPSA) is 29.1 Å². The Bertz CT molecular complexity index is 636. The molecule has 0 aliphatic heterocycles. The van der Waals surface area contributed by atoms with Gasteiger partial charge >= 0.3 is 0 Å². The number of carbonyl (C=O) groups is 1. The van der Waals surface area contributed by atoms with Crippen molar-refractivity contribution >= 4 is 11.6 Å². The highest BCUT2D eigenvalue weighted by molar-refractivity contribution is 6.00. The fourth-order valence-corrected chi connectivity index (χ4v) is 3.18. The van der Waals surface area contributed by atoms with Crippen molar-refractivity contribution in [2.75, 3.05) is 5.32 Å². The van der Waals surface area contributed by atoms with E-state index in [9.17, 15) is 4.79 Å². The third kappa shape index (κ3) is 2.35. The third-order valence-electron chi connectivity index (χ3n) is 4.69. The smallest absolute Gasteiger partial charge is 0.235 e. The number of anilines is 1. The average molecular weight is 279 g/mol. The summed E-state index contributed by atoms with van der Waals surface area (Å²) in [7, 11) is 0. The summed E-state index contributed by atoms with van der Waals surface area (Å²) >= 11 is 0. The van der Waals surface area contributed by atoms with E-state index in [4.69, 9.17) is 0 Å². The van der Waals surface area contributed by atoms with Crippen LogP contribution in [-0.2, 0) is 10.2 Å². The quantitative estimate of drug-likeness (QED) is 0.888. The minimum atomic E-state index is -0.337. The Morgan fingerprint density at radius 2 is 1.57 bits per heavy atom.